The highest BCUT2D eigenvalue weighted by Gasteiger charge is 2.17. The van der Waals surface area contributed by atoms with Gasteiger partial charge in [0.1, 0.15) is 0 Å². The fourth-order valence-electron chi connectivity index (χ4n) is 2.87. The Labute approximate surface area is 131 Å². The molecule has 1 aliphatic rings. The Morgan fingerprint density at radius 1 is 0.909 bits per heavy atom. The van der Waals surface area contributed by atoms with Crippen LogP contribution in [0.5, 0.6) is 11.5 Å². The van der Waals surface area contributed by atoms with Gasteiger partial charge in [0, 0.05) is 12.1 Å². The lowest BCUT2D eigenvalue weighted by molar-refractivity contribution is 0.354. The van der Waals surface area contributed by atoms with Crippen LogP contribution >= 0.6 is 0 Å². The Bertz CT molecular complexity index is 677. The van der Waals surface area contributed by atoms with Gasteiger partial charge in [0.05, 0.1) is 20.8 Å². The maximum atomic E-state index is 5.40. The van der Waals surface area contributed by atoms with E-state index in [0.717, 1.165) is 37.3 Å². The summed E-state index contributed by atoms with van der Waals surface area (Å²) in [6.45, 7) is 0.763. The van der Waals surface area contributed by atoms with Crippen molar-refractivity contribution in [3.63, 3.8) is 0 Å². The molecular weight excluding hydrogens is 274 g/mol. The first-order valence-corrected chi connectivity index (χ1v) is 7.60. The van der Waals surface area contributed by atoms with Crippen molar-refractivity contribution in [1.82, 2.24) is 0 Å². The number of ether oxygens (including phenoxy) is 2. The molecule has 3 rings (SSSR count). The van der Waals surface area contributed by atoms with Gasteiger partial charge in [-0.1, -0.05) is 30.3 Å². The molecule has 1 aliphatic carbocycles. The number of hydrogen-bond donors (Lipinski definition) is 0. The van der Waals surface area contributed by atoms with E-state index < -0.39 is 0 Å². The number of hydrogen-bond acceptors (Lipinski definition) is 3. The number of aliphatic imine (C=N–C) groups is 1. The summed E-state index contributed by atoms with van der Waals surface area (Å²) in [6, 6.07) is 14.6. The van der Waals surface area contributed by atoms with Crippen LogP contribution in [-0.4, -0.2) is 19.9 Å². The van der Waals surface area contributed by atoms with Crippen molar-refractivity contribution in [3.8, 4) is 11.5 Å². The maximum absolute atomic E-state index is 5.40. The molecule has 0 N–H and O–H groups in total. The smallest absolute Gasteiger partial charge is 0.161 e. The zero-order valence-electron chi connectivity index (χ0n) is 13.1. The van der Waals surface area contributed by atoms with Gasteiger partial charge in [-0.3, -0.25) is 4.99 Å². The predicted molar refractivity (Wildman–Crippen MR) is 89.2 cm³/mol. The van der Waals surface area contributed by atoms with E-state index in [1.165, 1.54) is 22.4 Å². The third kappa shape index (κ3) is 3.14. The van der Waals surface area contributed by atoms with Gasteiger partial charge in [-0.25, -0.2) is 0 Å². The molecule has 22 heavy (non-hydrogen) atoms. The Morgan fingerprint density at radius 3 is 2.27 bits per heavy atom. The van der Waals surface area contributed by atoms with Gasteiger partial charge in [-0.15, -0.1) is 0 Å². The molecule has 114 valence electrons. The van der Waals surface area contributed by atoms with Crippen molar-refractivity contribution in [2.24, 2.45) is 4.99 Å². The van der Waals surface area contributed by atoms with Gasteiger partial charge in [-0.2, -0.15) is 0 Å². The number of aryl methyl sites for hydroxylation is 1. The van der Waals surface area contributed by atoms with E-state index in [0.29, 0.717) is 0 Å². The van der Waals surface area contributed by atoms with Gasteiger partial charge >= 0.3 is 0 Å². The van der Waals surface area contributed by atoms with E-state index in [-0.39, 0.29) is 0 Å². The second-order valence-electron chi connectivity index (χ2n) is 5.52. The van der Waals surface area contributed by atoms with Crippen molar-refractivity contribution >= 4 is 5.71 Å². The first-order valence-electron chi connectivity index (χ1n) is 7.60. The van der Waals surface area contributed by atoms with Crippen molar-refractivity contribution in [2.45, 2.75) is 25.8 Å². The quantitative estimate of drug-likeness (QED) is 0.858. The summed E-state index contributed by atoms with van der Waals surface area (Å²) in [5, 5.41) is 0. The van der Waals surface area contributed by atoms with Crippen molar-refractivity contribution < 1.29 is 9.47 Å². The molecule has 2 aromatic carbocycles. The summed E-state index contributed by atoms with van der Waals surface area (Å²) in [5.74, 6) is 1.61. The molecule has 0 heterocycles. The SMILES string of the molecule is COc1cc2c(cc1OC)CC(=NCc1ccccc1)CC2. The average Bonchev–Trinajstić information content (AvgIpc) is 2.59. The zero-order valence-corrected chi connectivity index (χ0v) is 13.1. The zero-order chi connectivity index (χ0) is 15.4. The van der Waals surface area contributed by atoms with E-state index in [4.69, 9.17) is 14.5 Å². The lowest BCUT2D eigenvalue weighted by Gasteiger charge is -2.20. The van der Waals surface area contributed by atoms with Crippen LogP contribution in [0.3, 0.4) is 0 Å². The van der Waals surface area contributed by atoms with Crippen LogP contribution in [0.2, 0.25) is 0 Å². The minimum atomic E-state index is 0.763. The maximum Gasteiger partial charge on any atom is 0.161 e. The van der Waals surface area contributed by atoms with Crippen molar-refractivity contribution in [2.75, 3.05) is 14.2 Å². The number of methoxy groups -OCH3 is 2. The molecule has 0 fully saturated rings. The number of rotatable bonds is 4. The summed E-state index contributed by atoms with van der Waals surface area (Å²) in [7, 11) is 3.36. The van der Waals surface area contributed by atoms with Crippen LogP contribution in [0.4, 0.5) is 0 Å². The number of benzene rings is 2. The van der Waals surface area contributed by atoms with Gasteiger partial charge in [0.25, 0.3) is 0 Å². The highest BCUT2D eigenvalue weighted by Crippen LogP contribution is 2.33. The molecule has 3 nitrogen and oxygen atoms in total. The first-order chi connectivity index (χ1) is 10.8. The van der Waals surface area contributed by atoms with Crippen LogP contribution in [-0.2, 0) is 19.4 Å². The lowest BCUT2D eigenvalue weighted by atomic mass is 9.89. The van der Waals surface area contributed by atoms with Crippen molar-refractivity contribution in [3.05, 3.63) is 59.2 Å². The Kier molecular flexibility index (Phi) is 4.42. The number of fused-ring (bicyclic) bond motifs is 1. The fraction of sp³-hybridized carbons (Fsp3) is 0.316. The summed E-state index contributed by atoms with van der Waals surface area (Å²) in [6.07, 6.45) is 2.95. The average molecular weight is 295 g/mol. The Morgan fingerprint density at radius 2 is 1.59 bits per heavy atom. The highest BCUT2D eigenvalue weighted by atomic mass is 16.5. The standard InChI is InChI=1S/C19H21NO2/c1-21-18-11-15-8-9-17(10-16(15)12-19(18)22-2)20-13-14-6-4-3-5-7-14/h3-7,11-12H,8-10,13H2,1-2H3. The molecule has 0 aromatic heterocycles. The van der Waals surface area contributed by atoms with Crippen molar-refractivity contribution in [1.29, 1.82) is 0 Å². The summed E-state index contributed by atoms with van der Waals surface area (Å²) in [4.78, 5) is 4.79. The van der Waals surface area contributed by atoms with Crippen LogP contribution < -0.4 is 9.47 Å². The normalized spacial score (nSPS) is 15.5. The highest BCUT2D eigenvalue weighted by molar-refractivity contribution is 5.88. The largest absolute Gasteiger partial charge is 0.493 e. The van der Waals surface area contributed by atoms with E-state index in [1.54, 1.807) is 14.2 Å². The molecule has 2 aromatic rings. The van der Waals surface area contributed by atoms with E-state index >= 15 is 0 Å². The molecule has 0 unspecified atom stereocenters. The second kappa shape index (κ2) is 6.65. The van der Waals surface area contributed by atoms with Gasteiger partial charge in [-0.05, 0) is 41.7 Å². The fourth-order valence-corrected chi connectivity index (χ4v) is 2.87. The Hall–Kier alpha value is -2.29. The topological polar surface area (TPSA) is 30.8 Å². The van der Waals surface area contributed by atoms with Crippen LogP contribution in [0.1, 0.15) is 23.1 Å². The third-order valence-electron chi connectivity index (χ3n) is 4.11. The molecular formula is C19H21NO2. The van der Waals surface area contributed by atoms with Crippen LogP contribution in [0.25, 0.3) is 0 Å². The summed E-state index contributed by atoms with van der Waals surface area (Å²) >= 11 is 0. The predicted octanol–water partition coefficient (Wildman–Crippen LogP) is 3.83. The summed E-state index contributed by atoms with van der Waals surface area (Å²) < 4.78 is 10.8. The van der Waals surface area contributed by atoms with E-state index in [9.17, 15) is 0 Å². The Balaban J connectivity index is 1.78. The molecule has 0 bridgehead atoms. The van der Waals surface area contributed by atoms with Crippen LogP contribution in [0.15, 0.2) is 47.5 Å². The first kappa shape index (κ1) is 14.6. The molecule has 0 aliphatic heterocycles. The van der Waals surface area contributed by atoms with Crippen LogP contribution in [0, 0.1) is 0 Å². The molecule has 3 heteroatoms. The second-order valence-corrected chi connectivity index (χ2v) is 5.52. The van der Waals surface area contributed by atoms with Gasteiger partial charge < -0.3 is 9.47 Å². The lowest BCUT2D eigenvalue weighted by Crippen LogP contribution is -2.14. The minimum absolute atomic E-state index is 0.763. The molecule has 0 atom stereocenters. The minimum Gasteiger partial charge on any atom is -0.493 e. The van der Waals surface area contributed by atoms with E-state index in [2.05, 4.69) is 36.4 Å². The molecule has 0 spiro atoms. The molecule has 0 radical (unpaired) electrons. The van der Waals surface area contributed by atoms with Gasteiger partial charge in [0.15, 0.2) is 11.5 Å². The molecule has 0 amide bonds. The van der Waals surface area contributed by atoms with Gasteiger partial charge in [0.2, 0.25) is 0 Å². The monoisotopic (exact) mass is 295 g/mol. The molecule has 0 saturated heterocycles. The van der Waals surface area contributed by atoms with E-state index in [1.807, 2.05) is 6.07 Å². The summed E-state index contributed by atoms with van der Waals surface area (Å²) in [5.41, 5.74) is 5.17. The molecule has 0 saturated carbocycles. The third-order valence-corrected chi connectivity index (χ3v) is 4.11. The number of nitrogens with zero attached hydrogens (tertiary/aromatic N) is 1.